The van der Waals surface area contributed by atoms with Gasteiger partial charge in [-0.1, -0.05) is 18.5 Å². The molecule has 0 radical (unpaired) electrons. The van der Waals surface area contributed by atoms with Gasteiger partial charge in [0.25, 0.3) is 0 Å². The minimum absolute atomic E-state index is 0.273. The van der Waals surface area contributed by atoms with Crippen LogP contribution in [0.1, 0.15) is 12.5 Å². The van der Waals surface area contributed by atoms with Gasteiger partial charge in [0, 0.05) is 46.7 Å². The lowest BCUT2D eigenvalue weighted by Crippen LogP contribution is -2.28. The van der Waals surface area contributed by atoms with Crippen LogP contribution in [0.5, 0.6) is 11.5 Å². The molecule has 4 rings (SSSR count). The molecule has 0 aliphatic carbocycles. The zero-order chi connectivity index (χ0) is 23.4. The molecule has 0 amide bonds. The number of ether oxygens (including phenoxy) is 1. The number of methoxy groups -OCH3 is 1. The molecule has 172 valence electrons. The summed E-state index contributed by atoms with van der Waals surface area (Å²) in [5.41, 5.74) is 4.28. The van der Waals surface area contributed by atoms with Crippen LogP contribution in [0.25, 0.3) is 21.8 Å². The van der Waals surface area contributed by atoms with Crippen LogP contribution in [0.3, 0.4) is 0 Å². The second-order valence-corrected chi connectivity index (χ2v) is 8.51. The fourth-order valence-corrected chi connectivity index (χ4v) is 3.92. The molecule has 33 heavy (non-hydrogen) atoms. The molecular formula is C26H29ClN4O2. The summed E-state index contributed by atoms with van der Waals surface area (Å²) in [7, 11) is 3.75. The largest absolute Gasteiger partial charge is 0.508 e. The molecule has 0 unspecified atom stereocenters. The van der Waals surface area contributed by atoms with Gasteiger partial charge in [0.05, 0.1) is 23.8 Å². The van der Waals surface area contributed by atoms with Crippen LogP contribution in [0.4, 0.5) is 11.4 Å². The van der Waals surface area contributed by atoms with Crippen LogP contribution >= 0.6 is 11.6 Å². The highest BCUT2D eigenvalue weighted by molar-refractivity contribution is 6.31. The molecule has 0 bridgehead atoms. The maximum atomic E-state index is 10.4. The number of pyridine rings is 1. The van der Waals surface area contributed by atoms with Crippen LogP contribution in [-0.4, -0.2) is 48.8 Å². The molecule has 0 fully saturated rings. The second-order valence-electron chi connectivity index (χ2n) is 8.07. The Kier molecular flexibility index (Phi) is 7.18. The zero-order valence-corrected chi connectivity index (χ0v) is 19.9. The molecule has 0 aliphatic rings. The van der Waals surface area contributed by atoms with E-state index in [1.807, 2.05) is 48.5 Å². The maximum absolute atomic E-state index is 10.4. The van der Waals surface area contributed by atoms with Gasteiger partial charge in [-0.25, -0.2) is 4.98 Å². The van der Waals surface area contributed by atoms with E-state index < -0.39 is 0 Å². The Morgan fingerprint density at radius 2 is 1.88 bits per heavy atom. The number of rotatable bonds is 9. The standard InChI is InChI=1S/C26H29ClN4O2/c1-4-31(2)12-11-28-16-17-13-19(6-10-25(17)32)29-26-21-8-5-18(27)14-24(21)30-23-9-7-20(33-3)15-22(23)26/h5-10,13-15,28,32H,4,11-12,16H2,1-3H3,(H,29,30). The van der Waals surface area contributed by atoms with Crippen LogP contribution < -0.4 is 15.4 Å². The number of halogens is 1. The lowest BCUT2D eigenvalue weighted by Gasteiger charge is -2.16. The molecule has 0 saturated heterocycles. The van der Waals surface area contributed by atoms with Gasteiger partial charge in [-0.2, -0.15) is 0 Å². The first-order valence-corrected chi connectivity index (χ1v) is 11.4. The molecule has 3 N–H and O–H groups in total. The first-order valence-electron chi connectivity index (χ1n) is 11.0. The van der Waals surface area contributed by atoms with Gasteiger partial charge < -0.3 is 25.4 Å². The van der Waals surface area contributed by atoms with Crippen molar-refractivity contribution in [1.29, 1.82) is 0 Å². The summed E-state index contributed by atoms with van der Waals surface area (Å²) in [6.07, 6.45) is 0. The molecule has 7 heteroatoms. The minimum atomic E-state index is 0.273. The first kappa shape index (κ1) is 23.1. The average Bonchev–Trinajstić information content (AvgIpc) is 2.82. The molecule has 6 nitrogen and oxygen atoms in total. The average molecular weight is 465 g/mol. The number of aromatic hydroxyl groups is 1. The highest BCUT2D eigenvalue weighted by Crippen LogP contribution is 2.36. The van der Waals surface area contributed by atoms with Crippen molar-refractivity contribution in [2.75, 3.05) is 39.1 Å². The monoisotopic (exact) mass is 464 g/mol. The van der Waals surface area contributed by atoms with E-state index >= 15 is 0 Å². The van der Waals surface area contributed by atoms with Gasteiger partial charge >= 0.3 is 0 Å². The van der Waals surface area contributed by atoms with Crippen molar-refractivity contribution in [3.8, 4) is 11.5 Å². The number of aromatic nitrogens is 1. The molecule has 3 aromatic carbocycles. The third kappa shape index (κ3) is 5.30. The highest BCUT2D eigenvalue weighted by Gasteiger charge is 2.12. The molecule has 0 saturated carbocycles. The maximum Gasteiger partial charge on any atom is 0.120 e. The molecule has 0 spiro atoms. The van der Waals surface area contributed by atoms with Gasteiger partial charge in [-0.3, -0.25) is 0 Å². The van der Waals surface area contributed by atoms with Gasteiger partial charge in [-0.05, 0) is 68.2 Å². The number of nitrogens with one attached hydrogen (secondary N) is 2. The predicted molar refractivity (Wildman–Crippen MR) is 137 cm³/mol. The number of benzene rings is 3. The summed E-state index contributed by atoms with van der Waals surface area (Å²) >= 11 is 6.24. The second kappa shape index (κ2) is 10.3. The Hall–Kier alpha value is -3.06. The number of phenols is 1. The fourth-order valence-electron chi connectivity index (χ4n) is 3.76. The SMILES string of the molecule is CCN(C)CCNCc1cc(Nc2c3ccc(Cl)cc3nc3ccc(OC)cc23)ccc1O. The molecule has 1 heterocycles. The highest BCUT2D eigenvalue weighted by atomic mass is 35.5. The van der Waals surface area contributed by atoms with E-state index in [2.05, 4.69) is 29.5 Å². The third-order valence-corrected chi connectivity index (χ3v) is 6.05. The van der Waals surface area contributed by atoms with Crippen LogP contribution in [0.2, 0.25) is 5.02 Å². The van der Waals surface area contributed by atoms with Crippen LogP contribution in [0.15, 0.2) is 54.6 Å². The van der Waals surface area contributed by atoms with E-state index in [0.717, 1.165) is 64.1 Å². The smallest absolute Gasteiger partial charge is 0.120 e. The number of anilines is 2. The molecule has 1 aromatic heterocycles. The summed E-state index contributed by atoms with van der Waals surface area (Å²) in [5.74, 6) is 1.03. The van der Waals surface area contributed by atoms with E-state index in [-0.39, 0.29) is 5.75 Å². The van der Waals surface area contributed by atoms with Crippen molar-refractivity contribution in [1.82, 2.24) is 15.2 Å². The normalized spacial score (nSPS) is 11.4. The summed E-state index contributed by atoms with van der Waals surface area (Å²) in [5, 5.41) is 19.9. The van der Waals surface area contributed by atoms with Crippen molar-refractivity contribution in [3.05, 3.63) is 65.2 Å². The Bertz CT molecular complexity index is 1280. The third-order valence-electron chi connectivity index (χ3n) is 5.82. The van der Waals surface area contributed by atoms with Crippen molar-refractivity contribution in [2.45, 2.75) is 13.5 Å². The molecule has 4 aromatic rings. The van der Waals surface area contributed by atoms with Crippen molar-refractivity contribution in [3.63, 3.8) is 0 Å². The van der Waals surface area contributed by atoms with Crippen molar-refractivity contribution >= 4 is 44.8 Å². The van der Waals surface area contributed by atoms with Gasteiger partial charge in [0.2, 0.25) is 0 Å². The molecule has 0 atom stereocenters. The summed E-state index contributed by atoms with van der Waals surface area (Å²) in [4.78, 5) is 7.03. The number of hydrogen-bond donors (Lipinski definition) is 3. The number of nitrogens with zero attached hydrogens (tertiary/aromatic N) is 2. The van der Waals surface area contributed by atoms with Gasteiger partial charge in [0.15, 0.2) is 0 Å². The van der Waals surface area contributed by atoms with E-state index in [9.17, 15) is 5.11 Å². The number of phenolic OH excluding ortho intramolecular Hbond substituents is 1. The zero-order valence-electron chi connectivity index (χ0n) is 19.2. The Morgan fingerprint density at radius 1 is 1.03 bits per heavy atom. The number of likely N-dealkylation sites (N-methyl/N-ethyl adjacent to an activating group) is 1. The minimum Gasteiger partial charge on any atom is -0.508 e. The summed E-state index contributed by atoms with van der Waals surface area (Å²) in [6.45, 7) is 5.53. The van der Waals surface area contributed by atoms with Gasteiger partial charge in [0.1, 0.15) is 11.5 Å². The fraction of sp³-hybridized carbons (Fsp3) is 0.269. The van der Waals surface area contributed by atoms with Gasteiger partial charge in [-0.15, -0.1) is 0 Å². The Balaban J connectivity index is 1.69. The first-order chi connectivity index (χ1) is 16.0. The van der Waals surface area contributed by atoms with Crippen molar-refractivity contribution in [2.24, 2.45) is 0 Å². The van der Waals surface area contributed by atoms with Crippen LogP contribution in [-0.2, 0) is 6.54 Å². The number of hydrogen-bond acceptors (Lipinski definition) is 6. The van der Waals surface area contributed by atoms with E-state index in [4.69, 9.17) is 21.3 Å². The van der Waals surface area contributed by atoms with E-state index in [0.29, 0.717) is 11.6 Å². The summed E-state index contributed by atoms with van der Waals surface area (Å²) in [6, 6.07) is 17.1. The predicted octanol–water partition coefficient (Wildman–Crippen LogP) is 5.54. The molecule has 0 aliphatic heterocycles. The lowest BCUT2D eigenvalue weighted by atomic mass is 10.1. The Morgan fingerprint density at radius 3 is 2.67 bits per heavy atom. The lowest BCUT2D eigenvalue weighted by molar-refractivity contribution is 0.348. The quantitative estimate of drug-likeness (QED) is 0.172. The van der Waals surface area contributed by atoms with Crippen LogP contribution in [0, 0.1) is 0 Å². The Labute approximate surface area is 199 Å². The molecular weight excluding hydrogens is 436 g/mol. The summed E-state index contributed by atoms with van der Waals surface area (Å²) < 4.78 is 5.45. The van der Waals surface area contributed by atoms with E-state index in [1.54, 1.807) is 13.2 Å². The van der Waals surface area contributed by atoms with E-state index in [1.165, 1.54) is 0 Å². The van der Waals surface area contributed by atoms with Crippen molar-refractivity contribution < 1.29 is 9.84 Å². The number of fused-ring (bicyclic) bond motifs is 2. The topological polar surface area (TPSA) is 69.7 Å².